The van der Waals surface area contributed by atoms with Crippen molar-refractivity contribution < 1.29 is 9.18 Å². The van der Waals surface area contributed by atoms with Crippen LogP contribution in [-0.2, 0) is 11.2 Å². The molecule has 2 N–H and O–H groups in total. The minimum absolute atomic E-state index is 0.0741. The average Bonchev–Trinajstić information content (AvgIpc) is 3.01. The summed E-state index contributed by atoms with van der Waals surface area (Å²) in [5, 5.41) is 4.32. The van der Waals surface area contributed by atoms with Gasteiger partial charge in [0.1, 0.15) is 5.82 Å². The highest BCUT2D eigenvalue weighted by Gasteiger charge is 2.24. The molecule has 0 radical (unpaired) electrons. The lowest BCUT2D eigenvalue weighted by molar-refractivity contribution is -0.125. The van der Waals surface area contributed by atoms with Crippen LogP contribution in [0, 0.1) is 5.82 Å². The third-order valence-corrected chi connectivity index (χ3v) is 6.02. The molecule has 0 spiro atoms. The number of rotatable bonds is 6. The van der Waals surface area contributed by atoms with Gasteiger partial charge in [-0.15, -0.1) is 0 Å². The Labute approximate surface area is 176 Å². The lowest BCUT2D eigenvalue weighted by atomic mass is 10.1. The quantitative estimate of drug-likeness (QED) is 0.656. The second kappa shape index (κ2) is 9.30. The SMILES string of the molecule is CC(C(=O)NCCc1c[nH]c2ccccc12)N1CCCN(c2ccc(F)cc2)CC1. The molecule has 158 valence electrons. The van der Waals surface area contributed by atoms with Gasteiger partial charge in [-0.25, -0.2) is 4.39 Å². The van der Waals surface area contributed by atoms with Crippen molar-refractivity contribution in [3.8, 4) is 0 Å². The summed E-state index contributed by atoms with van der Waals surface area (Å²) in [5.41, 5.74) is 3.39. The molecule has 0 bridgehead atoms. The van der Waals surface area contributed by atoms with Crippen molar-refractivity contribution in [1.82, 2.24) is 15.2 Å². The van der Waals surface area contributed by atoms with E-state index < -0.39 is 0 Å². The average molecular weight is 409 g/mol. The van der Waals surface area contributed by atoms with Gasteiger partial charge in [-0.2, -0.15) is 0 Å². The van der Waals surface area contributed by atoms with Crippen molar-refractivity contribution >= 4 is 22.5 Å². The number of nitrogens with zero attached hydrogens (tertiary/aromatic N) is 2. The molecule has 3 aromatic rings. The number of anilines is 1. The van der Waals surface area contributed by atoms with Gasteiger partial charge in [-0.3, -0.25) is 9.69 Å². The summed E-state index contributed by atoms with van der Waals surface area (Å²) in [4.78, 5) is 20.5. The van der Waals surface area contributed by atoms with Gasteiger partial charge in [0.15, 0.2) is 0 Å². The van der Waals surface area contributed by atoms with E-state index in [-0.39, 0.29) is 17.8 Å². The zero-order chi connectivity index (χ0) is 20.9. The Bertz CT molecular complexity index is 984. The fourth-order valence-electron chi connectivity index (χ4n) is 4.21. The first-order chi connectivity index (χ1) is 14.6. The number of benzene rings is 2. The summed E-state index contributed by atoms with van der Waals surface area (Å²) >= 11 is 0. The maximum atomic E-state index is 13.2. The van der Waals surface area contributed by atoms with Gasteiger partial charge in [0.05, 0.1) is 6.04 Å². The van der Waals surface area contributed by atoms with Crippen LogP contribution in [0.25, 0.3) is 10.9 Å². The van der Waals surface area contributed by atoms with E-state index in [4.69, 9.17) is 0 Å². The summed E-state index contributed by atoms with van der Waals surface area (Å²) in [6.07, 6.45) is 3.81. The fourth-order valence-corrected chi connectivity index (χ4v) is 4.21. The number of hydrogen-bond acceptors (Lipinski definition) is 3. The Hall–Kier alpha value is -2.86. The van der Waals surface area contributed by atoms with Crippen LogP contribution in [0.4, 0.5) is 10.1 Å². The predicted octanol–water partition coefficient (Wildman–Crippen LogP) is 3.57. The molecule has 2 aromatic carbocycles. The third kappa shape index (κ3) is 4.65. The zero-order valence-corrected chi connectivity index (χ0v) is 17.4. The van der Waals surface area contributed by atoms with Crippen LogP contribution in [0.3, 0.4) is 0 Å². The minimum atomic E-state index is -0.215. The molecule has 1 amide bonds. The van der Waals surface area contributed by atoms with Crippen molar-refractivity contribution in [2.45, 2.75) is 25.8 Å². The van der Waals surface area contributed by atoms with E-state index in [0.717, 1.165) is 50.2 Å². The Morgan fingerprint density at radius 1 is 1.10 bits per heavy atom. The fraction of sp³-hybridized carbons (Fsp3) is 0.375. The molecule has 1 unspecified atom stereocenters. The van der Waals surface area contributed by atoms with E-state index in [1.165, 1.54) is 23.1 Å². The van der Waals surface area contributed by atoms with Crippen LogP contribution in [0.2, 0.25) is 0 Å². The van der Waals surface area contributed by atoms with Crippen molar-refractivity contribution in [2.75, 3.05) is 37.6 Å². The standard InChI is InChI=1S/C24H29FN4O/c1-18(24(30)26-12-11-19-17-27-23-6-3-2-5-22(19)23)28-13-4-14-29(16-15-28)21-9-7-20(25)8-10-21/h2-3,5-10,17-18,27H,4,11-16H2,1H3,(H,26,30). The van der Waals surface area contributed by atoms with Gasteiger partial charge < -0.3 is 15.2 Å². The number of H-pyrrole nitrogens is 1. The lowest BCUT2D eigenvalue weighted by Gasteiger charge is -2.27. The summed E-state index contributed by atoms with van der Waals surface area (Å²) in [7, 11) is 0. The van der Waals surface area contributed by atoms with Crippen LogP contribution in [0.1, 0.15) is 18.9 Å². The number of fused-ring (bicyclic) bond motifs is 1. The van der Waals surface area contributed by atoms with Crippen LogP contribution in [-0.4, -0.2) is 54.6 Å². The highest BCUT2D eigenvalue weighted by molar-refractivity contribution is 5.83. The maximum absolute atomic E-state index is 13.2. The number of carbonyl (C=O) groups excluding carboxylic acids is 1. The Morgan fingerprint density at radius 3 is 2.73 bits per heavy atom. The molecule has 1 aliphatic heterocycles. The van der Waals surface area contributed by atoms with E-state index in [0.29, 0.717) is 6.54 Å². The molecular weight excluding hydrogens is 379 g/mol. The molecule has 4 rings (SSSR count). The van der Waals surface area contributed by atoms with Crippen LogP contribution in [0.15, 0.2) is 54.7 Å². The summed E-state index contributed by atoms with van der Waals surface area (Å²) in [5.74, 6) is -0.141. The smallest absolute Gasteiger partial charge is 0.237 e. The Morgan fingerprint density at radius 2 is 1.90 bits per heavy atom. The summed E-state index contributed by atoms with van der Waals surface area (Å²) in [6, 6.07) is 14.7. The number of aromatic amines is 1. The number of aromatic nitrogens is 1. The van der Waals surface area contributed by atoms with Gasteiger partial charge >= 0.3 is 0 Å². The lowest BCUT2D eigenvalue weighted by Crippen LogP contribution is -2.47. The molecular formula is C24H29FN4O. The molecule has 0 saturated carbocycles. The summed E-state index contributed by atoms with van der Waals surface area (Å²) < 4.78 is 13.2. The van der Waals surface area contributed by atoms with Gasteiger partial charge in [-0.1, -0.05) is 18.2 Å². The van der Waals surface area contributed by atoms with Crippen molar-refractivity contribution in [3.05, 3.63) is 66.1 Å². The second-order valence-corrected chi connectivity index (χ2v) is 7.93. The van der Waals surface area contributed by atoms with Crippen LogP contribution < -0.4 is 10.2 Å². The van der Waals surface area contributed by atoms with E-state index >= 15 is 0 Å². The Balaban J connectivity index is 1.27. The highest BCUT2D eigenvalue weighted by atomic mass is 19.1. The van der Waals surface area contributed by atoms with Crippen molar-refractivity contribution in [1.29, 1.82) is 0 Å². The number of halogens is 1. The first kappa shape index (κ1) is 20.4. The van der Waals surface area contributed by atoms with Gasteiger partial charge in [0.2, 0.25) is 5.91 Å². The molecule has 1 aliphatic rings. The second-order valence-electron chi connectivity index (χ2n) is 7.93. The monoisotopic (exact) mass is 408 g/mol. The molecule has 1 atom stereocenters. The zero-order valence-electron chi connectivity index (χ0n) is 17.4. The number of para-hydroxylation sites is 1. The Kier molecular flexibility index (Phi) is 6.33. The first-order valence-corrected chi connectivity index (χ1v) is 10.7. The number of carbonyl (C=O) groups is 1. The summed E-state index contributed by atoms with van der Waals surface area (Å²) in [6.45, 7) is 6.05. The molecule has 1 aromatic heterocycles. The molecule has 0 aliphatic carbocycles. The molecule has 6 heteroatoms. The van der Waals surface area contributed by atoms with E-state index in [9.17, 15) is 9.18 Å². The molecule has 1 saturated heterocycles. The topological polar surface area (TPSA) is 51.4 Å². The highest BCUT2D eigenvalue weighted by Crippen LogP contribution is 2.19. The molecule has 2 heterocycles. The van der Waals surface area contributed by atoms with Gasteiger partial charge in [0, 0.05) is 55.5 Å². The molecule has 1 fully saturated rings. The van der Waals surface area contributed by atoms with Crippen molar-refractivity contribution in [2.24, 2.45) is 0 Å². The van der Waals surface area contributed by atoms with Crippen LogP contribution >= 0.6 is 0 Å². The van der Waals surface area contributed by atoms with E-state index in [1.54, 1.807) is 0 Å². The van der Waals surface area contributed by atoms with Gasteiger partial charge in [0.25, 0.3) is 0 Å². The predicted molar refractivity (Wildman–Crippen MR) is 119 cm³/mol. The number of nitrogens with one attached hydrogen (secondary N) is 2. The van der Waals surface area contributed by atoms with E-state index in [2.05, 4.69) is 32.2 Å². The van der Waals surface area contributed by atoms with Gasteiger partial charge in [-0.05, 0) is 55.7 Å². The third-order valence-electron chi connectivity index (χ3n) is 6.02. The van der Waals surface area contributed by atoms with Crippen LogP contribution in [0.5, 0.6) is 0 Å². The maximum Gasteiger partial charge on any atom is 0.237 e. The van der Waals surface area contributed by atoms with E-state index in [1.807, 2.05) is 37.4 Å². The van der Waals surface area contributed by atoms with Crippen molar-refractivity contribution in [3.63, 3.8) is 0 Å². The first-order valence-electron chi connectivity index (χ1n) is 10.7. The molecule has 30 heavy (non-hydrogen) atoms. The number of hydrogen-bond donors (Lipinski definition) is 2. The largest absolute Gasteiger partial charge is 0.370 e. The normalized spacial score (nSPS) is 16.4. The molecule has 5 nitrogen and oxygen atoms in total. The number of amides is 1. The minimum Gasteiger partial charge on any atom is -0.370 e.